The van der Waals surface area contributed by atoms with Crippen LogP contribution in [0.3, 0.4) is 0 Å². The van der Waals surface area contributed by atoms with E-state index in [9.17, 15) is 13.2 Å². The monoisotopic (exact) mass is 403 g/mol. The normalized spacial score (nSPS) is 15.6. The zero-order valence-electron chi connectivity index (χ0n) is 16.0. The predicted molar refractivity (Wildman–Crippen MR) is 106 cm³/mol. The van der Waals surface area contributed by atoms with E-state index >= 15 is 0 Å². The second kappa shape index (κ2) is 9.21. The van der Waals surface area contributed by atoms with Crippen molar-refractivity contribution in [3.8, 4) is 5.75 Å². The van der Waals surface area contributed by atoms with Gasteiger partial charge in [-0.05, 0) is 36.6 Å². The summed E-state index contributed by atoms with van der Waals surface area (Å²) in [7, 11) is -2.23. The summed E-state index contributed by atoms with van der Waals surface area (Å²) in [5.74, 6) is -0.332. The number of carbonyl (C=O) groups is 1. The Morgan fingerprint density at radius 2 is 1.68 bits per heavy atom. The quantitative estimate of drug-likeness (QED) is 0.689. The Balaban J connectivity index is 1.83. The largest absolute Gasteiger partial charge is 0.496 e. The van der Waals surface area contributed by atoms with Gasteiger partial charge in [-0.15, -0.1) is 0 Å². The van der Waals surface area contributed by atoms with E-state index < -0.39 is 16.0 Å². The van der Waals surface area contributed by atoms with E-state index in [0.717, 1.165) is 31.2 Å². The van der Waals surface area contributed by atoms with Crippen molar-refractivity contribution in [1.82, 2.24) is 4.31 Å². The molecule has 1 heterocycles. The number of hydrogen-bond acceptors (Lipinski definition) is 5. The van der Waals surface area contributed by atoms with Gasteiger partial charge >= 0.3 is 5.97 Å². The SMILES string of the molecule is COc1ccc(S(=O)(=O)N2CCCCCC2)cc1C(=O)OCc1ccccc1. The van der Waals surface area contributed by atoms with Crippen molar-refractivity contribution >= 4 is 16.0 Å². The van der Waals surface area contributed by atoms with Crippen LogP contribution in [0.25, 0.3) is 0 Å². The third-order valence-electron chi connectivity index (χ3n) is 4.81. The summed E-state index contributed by atoms with van der Waals surface area (Å²) in [4.78, 5) is 12.7. The lowest BCUT2D eigenvalue weighted by Gasteiger charge is -2.20. The Bertz CT molecular complexity index is 904. The van der Waals surface area contributed by atoms with E-state index in [4.69, 9.17) is 9.47 Å². The third kappa shape index (κ3) is 4.72. The van der Waals surface area contributed by atoms with Crippen LogP contribution in [0.4, 0.5) is 0 Å². The van der Waals surface area contributed by atoms with Crippen LogP contribution in [-0.2, 0) is 21.4 Å². The molecule has 0 N–H and O–H groups in total. The van der Waals surface area contributed by atoms with E-state index in [1.54, 1.807) is 0 Å². The number of ether oxygens (including phenoxy) is 2. The van der Waals surface area contributed by atoms with Crippen molar-refractivity contribution in [2.45, 2.75) is 37.2 Å². The van der Waals surface area contributed by atoms with Crippen LogP contribution in [0, 0.1) is 0 Å². The highest BCUT2D eigenvalue weighted by Gasteiger charge is 2.27. The van der Waals surface area contributed by atoms with Crippen molar-refractivity contribution in [1.29, 1.82) is 0 Å². The van der Waals surface area contributed by atoms with Crippen LogP contribution < -0.4 is 4.74 Å². The first-order chi connectivity index (χ1) is 13.5. The molecule has 6 nitrogen and oxygen atoms in total. The highest BCUT2D eigenvalue weighted by atomic mass is 32.2. The Morgan fingerprint density at radius 3 is 2.32 bits per heavy atom. The fraction of sp³-hybridized carbons (Fsp3) is 0.381. The maximum atomic E-state index is 13.0. The molecule has 1 aliphatic heterocycles. The molecule has 1 saturated heterocycles. The molecule has 0 aliphatic carbocycles. The minimum Gasteiger partial charge on any atom is -0.496 e. The number of carbonyl (C=O) groups excluding carboxylic acids is 1. The molecule has 7 heteroatoms. The summed E-state index contributed by atoms with van der Waals surface area (Å²) in [6.07, 6.45) is 3.76. The summed E-state index contributed by atoms with van der Waals surface area (Å²) < 4.78 is 38.2. The molecule has 0 saturated carbocycles. The maximum Gasteiger partial charge on any atom is 0.342 e. The van der Waals surface area contributed by atoms with Crippen molar-refractivity contribution in [3.63, 3.8) is 0 Å². The van der Waals surface area contributed by atoms with Gasteiger partial charge in [-0.1, -0.05) is 43.2 Å². The van der Waals surface area contributed by atoms with E-state index in [-0.39, 0.29) is 22.8 Å². The molecule has 0 spiro atoms. The Morgan fingerprint density at radius 1 is 1.00 bits per heavy atom. The van der Waals surface area contributed by atoms with Crippen LogP contribution in [0.15, 0.2) is 53.4 Å². The summed E-state index contributed by atoms with van der Waals surface area (Å²) in [5.41, 5.74) is 0.956. The maximum absolute atomic E-state index is 13.0. The van der Waals surface area contributed by atoms with Gasteiger partial charge in [0, 0.05) is 13.1 Å². The van der Waals surface area contributed by atoms with Gasteiger partial charge in [0.1, 0.15) is 17.9 Å². The molecular weight excluding hydrogens is 378 g/mol. The first-order valence-electron chi connectivity index (χ1n) is 9.41. The topological polar surface area (TPSA) is 72.9 Å². The minimum absolute atomic E-state index is 0.0851. The second-order valence-electron chi connectivity index (χ2n) is 6.74. The first kappa shape index (κ1) is 20.4. The summed E-state index contributed by atoms with van der Waals surface area (Å²) in [5, 5.41) is 0. The predicted octanol–water partition coefficient (Wildman–Crippen LogP) is 3.62. The lowest BCUT2D eigenvalue weighted by atomic mass is 10.2. The number of methoxy groups -OCH3 is 1. The van der Waals surface area contributed by atoms with Crippen molar-refractivity contribution < 1.29 is 22.7 Å². The van der Waals surface area contributed by atoms with Gasteiger partial charge in [0.05, 0.1) is 12.0 Å². The zero-order valence-corrected chi connectivity index (χ0v) is 16.8. The molecule has 0 aromatic heterocycles. The number of hydrogen-bond donors (Lipinski definition) is 0. The van der Waals surface area contributed by atoms with Crippen LogP contribution >= 0.6 is 0 Å². The van der Waals surface area contributed by atoms with E-state index in [2.05, 4.69) is 0 Å². The summed E-state index contributed by atoms with van der Waals surface area (Å²) in [6.45, 7) is 1.11. The molecule has 0 bridgehead atoms. The average Bonchev–Trinajstić information content (AvgIpc) is 3.02. The van der Waals surface area contributed by atoms with Crippen molar-refractivity contribution in [2.24, 2.45) is 0 Å². The number of esters is 1. The second-order valence-corrected chi connectivity index (χ2v) is 8.68. The molecule has 0 atom stereocenters. The lowest BCUT2D eigenvalue weighted by Crippen LogP contribution is -2.32. The highest BCUT2D eigenvalue weighted by molar-refractivity contribution is 7.89. The summed E-state index contributed by atoms with van der Waals surface area (Å²) >= 11 is 0. The van der Waals surface area contributed by atoms with Crippen molar-refractivity contribution in [3.05, 3.63) is 59.7 Å². The highest BCUT2D eigenvalue weighted by Crippen LogP contribution is 2.27. The van der Waals surface area contributed by atoms with Crippen LogP contribution in [0.5, 0.6) is 5.75 Å². The van der Waals surface area contributed by atoms with E-state index in [1.165, 1.54) is 29.6 Å². The standard InChI is InChI=1S/C21H25NO5S/c1-26-20-12-11-18(28(24,25)22-13-7-2-3-8-14-22)15-19(20)21(23)27-16-17-9-5-4-6-10-17/h4-6,9-12,15H,2-3,7-8,13-14,16H2,1H3. The number of benzene rings is 2. The molecule has 2 aromatic carbocycles. The molecule has 0 unspecified atom stereocenters. The Hall–Kier alpha value is -2.38. The molecule has 1 fully saturated rings. The summed E-state index contributed by atoms with van der Waals surface area (Å²) in [6, 6.07) is 13.6. The molecule has 150 valence electrons. The van der Waals surface area contributed by atoms with Crippen LogP contribution in [0.1, 0.15) is 41.6 Å². The first-order valence-corrected chi connectivity index (χ1v) is 10.9. The van der Waals surface area contributed by atoms with Gasteiger partial charge in [0.25, 0.3) is 0 Å². The Kier molecular flexibility index (Phi) is 6.70. The minimum atomic E-state index is -3.66. The number of nitrogens with zero attached hydrogens (tertiary/aromatic N) is 1. The van der Waals surface area contributed by atoms with Gasteiger partial charge in [-0.2, -0.15) is 4.31 Å². The molecule has 1 aliphatic rings. The van der Waals surface area contributed by atoms with Gasteiger partial charge in [0.2, 0.25) is 10.0 Å². The molecule has 0 radical (unpaired) electrons. The fourth-order valence-electron chi connectivity index (χ4n) is 3.24. The van der Waals surface area contributed by atoms with Crippen LogP contribution in [-0.4, -0.2) is 38.9 Å². The molecular formula is C21H25NO5S. The van der Waals surface area contributed by atoms with Crippen molar-refractivity contribution in [2.75, 3.05) is 20.2 Å². The molecule has 28 heavy (non-hydrogen) atoms. The van der Waals surface area contributed by atoms with E-state index in [1.807, 2.05) is 30.3 Å². The number of rotatable bonds is 6. The smallest absolute Gasteiger partial charge is 0.342 e. The lowest BCUT2D eigenvalue weighted by molar-refractivity contribution is 0.0468. The van der Waals surface area contributed by atoms with Gasteiger partial charge in [0.15, 0.2) is 0 Å². The number of sulfonamides is 1. The Labute approximate surface area is 166 Å². The third-order valence-corrected chi connectivity index (χ3v) is 6.70. The van der Waals surface area contributed by atoms with Crippen LogP contribution in [0.2, 0.25) is 0 Å². The van der Waals surface area contributed by atoms with Gasteiger partial charge < -0.3 is 9.47 Å². The van der Waals surface area contributed by atoms with E-state index in [0.29, 0.717) is 13.1 Å². The molecule has 0 amide bonds. The van der Waals surface area contributed by atoms with Gasteiger partial charge in [-0.3, -0.25) is 0 Å². The molecule has 3 rings (SSSR count). The average molecular weight is 404 g/mol. The fourth-order valence-corrected chi connectivity index (χ4v) is 4.78. The zero-order chi connectivity index (χ0) is 20.0. The molecule has 2 aromatic rings. The van der Waals surface area contributed by atoms with Gasteiger partial charge in [-0.25, -0.2) is 13.2 Å².